The fourth-order valence-electron chi connectivity index (χ4n) is 4.93. The van der Waals surface area contributed by atoms with E-state index in [0.717, 1.165) is 36.9 Å². The van der Waals surface area contributed by atoms with Crippen molar-refractivity contribution in [3.05, 3.63) is 66.0 Å². The summed E-state index contributed by atoms with van der Waals surface area (Å²) in [7, 11) is -3.38. The van der Waals surface area contributed by atoms with Gasteiger partial charge in [0.25, 0.3) is 0 Å². The van der Waals surface area contributed by atoms with Crippen molar-refractivity contribution in [2.24, 2.45) is 5.41 Å². The summed E-state index contributed by atoms with van der Waals surface area (Å²) in [6, 6.07) is 15.1. The third-order valence-corrected chi connectivity index (χ3v) is 8.34. The maximum absolute atomic E-state index is 13.4. The van der Waals surface area contributed by atoms with Gasteiger partial charge in [-0.25, -0.2) is 8.42 Å². The van der Waals surface area contributed by atoms with Crippen molar-refractivity contribution in [1.82, 2.24) is 14.6 Å². The van der Waals surface area contributed by atoms with Gasteiger partial charge in [0.15, 0.2) is 0 Å². The molecule has 0 bridgehead atoms. The van der Waals surface area contributed by atoms with Gasteiger partial charge < -0.3 is 5.32 Å². The van der Waals surface area contributed by atoms with Crippen LogP contribution in [0.5, 0.6) is 0 Å². The highest BCUT2D eigenvalue weighted by Crippen LogP contribution is 2.47. The molecule has 2 atom stereocenters. The molecule has 30 heavy (non-hydrogen) atoms. The topological polar surface area (TPSA) is 79.4 Å². The van der Waals surface area contributed by atoms with Crippen LogP contribution in [0.3, 0.4) is 0 Å². The van der Waals surface area contributed by atoms with Crippen LogP contribution in [0, 0.1) is 5.41 Å². The van der Waals surface area contributed by atoms with Crippen molar-refractivity contribution < 1.29 is 13.2 Å². The number of hydrogen-bond donors (Lipinski definition) is 1. The minimum atomic E-state index is -3.38. The zero-order chi connectivity index (χ0) is 21.0. The first-order valence-electron chi connectivity index (χ1n) is 10.7. The Hall–Kier alpha value is -2.25. The summed E-state index contributed by atoms with van der Waals surface area (Å²) in [6.07, 6.45) is 6.21. The number of aromatic nitrogens is 1. The lowest BCUT2D eigenvalue weighted by atomic mass is 9.67. The SMILES string of the molecule is O=C(NCCc1ccccn1)[C@@]12CCCC[C@H]1N(Cc1ccccc1)S(=O)(=O)CC2. The van der Waals surface area contributed by atoms with Gasteiger partial charge in [-0.05, 0) is 37.0 Å². The lowest BCUT2D eigenvalue weighted by Crippen LogP contribution is -2.62. The van der Waals surface area contributed by atoms with Gasteiger partial charge in [0.05, 0.1) is 11.2 Å². The highest BCUT2D eigenvalue weighted by atomic mass is 32.2. The summed E-state index contributed by atoms with van der Waals surface area (Å²) in [6.45, 7) is 0.840. The van der Waals surface area contributed by atoms with Crippen molar-refractivity contribution in [1.29, 1.82) is 0 Å². The molecule has 1 saturated heterocycles. The summed E-state index contributed by atoms with van der Waals surface area (Å²) < 4.78 is 27.6. The van der Waals surface area contributed by atoms with Gasteiger partial charge in [-0.1, -0.05) is 49.2 Å². The van der Waals surface area contributed by atoms with E-state index in [1.165, 1.54) is 0 Å². The van der Waals surface area contributed by atoms with Crippen LogP contribution in [0.15, 0.2) is 54.7 Å². The van der Waals surface area contributed by atoms with E-state index < -0.39 is 15.4 Å². The number of benzene rings is 1. The van der Waals surface area contributed by atoms with Crippen molar-refractivity contribution in [3.8, 4) is 0 Å². The quantitative estimate of drug-likeness (QED) is 0.769. The Morgan fingerprint density at radius 1 is 1.10 bits per heavy atom. The molecule has 2 heterocycles. The number of pyridine rings is 1. The highest BCUT2D eigenvalue weighted by Gasteiger charge is 2.55. The molecule has 1 N–H and O–H groups in total. The van der Waals surface area contributed by atoms with E-state index in [-0.39, 0.29) is 17.7 Å². The lowest BCUT2D eigenvalue weighted by molar-refractivity contribution is -0.137. The number of hydrogen-bond acceptors (Lipinski definition) is 4. The van der Waals surface area contributed by atoms with E-state index in [0.29, 0.717) is 25.9 Å². The van der Waals surface area contributed by atoms with Gasteiger partial charge in [0.2, 0.25) is 15.9 Å². The first kappa shape index (κ1) is 21.0. The van der Waals surface area contributed by atoms with Gasteiger partial charge in [-0.2, -0.15) is 4.31 Å². The standard InChI is InChI=1S/C23H29N3O3S/c27-22(25-16-12-20-10-5-7-15-24-20)23-13-6-4-11-21(23)26(30(28,29)17-14-23)18-19-8-2-1-3-9-19/h1-3,5,7-10,15,21H,4,6,11-14,16-18H2,(H,25,27)/t21-,23-/m1/s1. The molecule has 7 heteroatoms. The Balaban J connectivity index is 1.53. The second-order valence-corrected chi connectivity index (χ2v) is 10.4. The Morgan fingerprint density at radius 2 is 1.90 bits per heavy atom. The first-order chi connectivity index (χ1) is 14.5. The van der Waals surface area contributed by atoms with Crippen LogP contribution in [0.1, 0.15) is 43.4 Å². The van der Waals surface area contributed by atoms with Crippen LogP contribution in [0.25, 0.3) is 0 Å². The van der Waals surface area contributed by atoms with Gasteiger partial charge >= 0.3 is 0 Å². The predicted octanol–water partition coefficient (Wildman–Crippen LogP) is 2.91. The van der Waals surface area contributed by atoms with Crippen LogP contribution in [-0.2, 0) is 27.8 Å². The maximum atomic E-state index is 13.4. The normalized spacial score (nSPS) is 25.9. The fraction of sp³-hybridized carbons (Fsp3) is 0.478. The van der Waals surface area contributed by atoms with E-state index in [4.69, 9.17) is 0 Å². The molecule has 2 aliphatic rings. The average molecular weight is 428 g/mol. The third-order valence-electron chi connectivity index (χ3n) is 6.53. The highest BCUT2D eigenvalue weighted by molar-refractivity contribution is 7.89. The van der Waals surface area contributed by atoms with Gasteiger partial charge in [-0.15, -0.1) is 0 Å². The summed E-state index contributed by atoms with van der Waals surface area (Å²) in [5.74, 6) is 0.0281. The zero-order valence-electron chi connectivity index (χ0n) is 17.2. The number of amides is 1. The molecule has 1 aliphatic heterocycles. The van der Waals surface area contributed by atoms with Crippen molar-refractivity contribution in [2.45, 2.75) is 51.1 Å². The van der Waals surface area contributed by atoms with Crippen LogP contribution < -0.4 is 5.32 Å². The molecule has 0 radical (unpaired) electrons. The molecule has 0 spiro atoms. The molecule has 1 aromatic carbocycles. The van der Waals surface area contributed by atoms with E-state index in [1.54, 1.807) is 10.5 Å². The van der Waals surface area contributed by atoms with Crippen molar-refractivity contribution in [2.75, 3.05) is 12.3 Å². The smallest absolute Gasteiger partial charge is 0.227 e. The number of nitrogens with one attached hydrogen (secondary N) is 1. The number of nitrogens with zero attached hydrogens (tertiary/aromatic N) is 2. The average Bonchev–Trinajstić information content (AvgIpc) is 2.77. The maximum Gasteiger partial charge on any atom is 0.227 e. The van der Waals surface area contributed by atoms with Crippen LogP contribution in [0.4, 0.5) is 0 Å². The molecule has 1 aliphatic carbocycles. The fourth-order valence-corrected chi connectivity index (χ4v) is 6.83. The van der Waals surface area contributed by atoms with E-state index in [2.05, 4.69) is 10.3 Å². The molecule has 1 saturated carbocycles. The first-order valence-corrected chi connectivity index (χ1v) is 12.3. The Bertz CT molecular complexity index is 966. The monoisotopic (exact) mass is 427 g/mol. The lowest BCUT2D eigenvalue weighted by Gasteiger charge is -2.50. The van der Waals surface area contributed by atoms with Gasteiger partial charge in [-0.3, -0.25) is 9.78 Å². The van der Waals surface area contributed by atoms with E-state index in [1.807, 2.05) is 48.5 Å². The number of carbonyl (C=O) groups is 1. The van der Waals surface area contributed by atoms with Crippen molar-refractivity contribution >= 4 is 15.9 Å². The van der Waals surface area contributed by atoms with Crippen LogP contribution in [0.2, 0.25) is 0 Å². The van der Waals surface area contributed by atoms with E-state index in [9.17, 15) is 13.2 Å². The van der Waals surface area contributed by atoms with Crippen LogP contribution in [-0.4, -0.2) is 42.0 Å². The second-order valence-electron chi connectivity index (χ2n) is 8.34. The Kier molecular flexibility index (Phi) is 6.20. The minimum absolute atomic E-state index is 0.00362. The molecule has 6 nitrogen and oxygen atoms in total. The molecule has 1 amide bonds. The van der Waals surface area contributed by atoms with Gasteiger partial charge in [0.1, 0.15) is 0 Å². The largest absolute Gasteiger partial charge is 0.355 e. The summed E-state index contributed by atoms with van der Waals surface area (Å²) in [5.41, 5.74) is 1.26. The Morgan fingerprint density at radius 3 is 2.67 bits per heavy atom. The molecular weight excluding hydrogens is 398 g/mol. The van der Waals surface area contributed by atoms with E-state index >= 15 is 0 Å². The molecule has 2 fully saturated rings. The number of fused-ring (bicyclic) bond motifs is 1. The second kappa shape index (κ2) is 8.86. The predicted molar refractivity (Wildman–Crippen MR) is 116 cm³/mol. The molecule has 160 valence electrons. The number of carbonyl (C=O) groups excluding carboxylic acids is 1. The third kappa shape index (κ3) is 4.27. The molecule has 1 aromatic heterocycles. The summed E-state index contributed by atoms with van der Waals surface area (Å²) >= 11 is 0. The minimum Gasteiger partial charge on any atom is -0.355 e. The molecular formula is C23H29N3O3S. The van der Waals surface area contributed by atoms with Gasteiger partial charge in [0, 0.05) is 37.4 Å². The number of rotatable bonds is 6. The Labute approximate surface area is 178 Å². The van der Waals surface area contributed by atoms with Crippen LogP contribution >= 0.6 is 0 Å². The molecule has 4 rings (SSSR count). The summed E-state index contributed by atoms with van der Waals surface area (Å²) in [4.78, 5) is 17.7. The molecule has 0 unspecified atom stereocenters. The summed E-state index contributed by atoms with van der Waals surface area (Å²) in [5, 5.41) is 3.10. The van der Waals surface area contributed by atoms with Crippen molar-refractivity contribution in [3.63, 3.8) is 0 Å². The zero-order valence-corrected chi connectivity index (χ0v) is 18.0. The molecule has 2 aromatic rings. The number of sulfonamides is 1.